The van der Waals surface area contributed by atoms with Gasteiger partial charge in [0.05, 0.1) is 5.25 Å². The highest BCUT2D eigenvalue weighted by atomic mass is 32.2. The molecule has 128 valence electrons. The van der Waals surface area contributed by atoms with Crippen molar-refractivity contribution < 1.29 is 17.9 Å². The lowest BCUT2D eigenvalue weighted by Crippen LogP contribution is -2.47. The third-order valence-corrected chi connectivity index (χ3v) is 5.72. The zero-order chi connectivity index (χ0) is 17.3. The molecule has 0 radical (unpaired) electrons. The van der Waals surface area contributed by atoms with E-state index in [0.717, 1.165) is 5.56 Å². The molecule has 0 bridgehead atoms. The average Bonchev–Trinajstić information content (AvgIpc) is 2.45. The number of carbonyl (C=O) groups excluding carboxylic acids is 1. The lowest BCUT2D eigenvalue weighted by molar-refractivity contribution is 0.0219. The van der Waals surface area contributed by atoms with E-state index in [2.05, 4.69) is 4.98 Å². The van der Waals surface area contributed by atoms with Crippen LogP contribution < -0.4 is 0 Å². The molecular weight excluding hydrogens is 316 g/mol. The van der Waals surface area contributed by atoms with E-state index in [1.807, 2.05) is 6.92 Å². The highest BCUT2D eigenvalue weighted by Gasteiger charge is 2.36. The molecule has 1 atom stereocenters. The number of nitrogens with zero attached hydrogens (tertiary/aromatic N) is 2. The number of piperidine rings is 1. The lowest BCUT2D eigenvalue weighted by atomic mass is 10.1. The molecule has 0 saturated carbocycles. The van der Waals surface area contributed by atoms with Crippen molar-refractivity contribution in [3.8, 4) is 0 Å². The van der Waals surface area contributed by atoms with Crippen molar-refractivity contribution in [3.05, 3.63) is 23.9 Å². The van der Waals surface area contributed by atoms with Crippen molar-refractivity contribution in [2.24, 2.45) is 0 Å². The minimum absolute atomic E-state index is 0.0774. The molecule has 0 N–H and O–H groups in total. The van der Waals surface area contributed by atoms with Crippen molar-refractivity contribution >= 4 is 15.9 Å². The number of carbonyl (C=O) groups is 1. The maximum Gasteiger partial charge on any atom is 0.410 e. The monoisotopic (exact) mass is 340 g/mol. The van der Waals surface area contributed by atoms with Crippen LogP contribution in [-0.2, 0) is 14.6 Å². The Kier molecular flexibility index (Phi) is 4.98. The van der Waals surface area contributed by atoms with Crippen molar-refractivity contribution in [2.75, 3.05) is 13.1 Å². The first-order chi connectivity index (χ1) is 10.6. The number of likely N-dealkylation sites (tertiary alicyclic amines) is 1. The molecule has 0 aromatic carbocycles. The maximum absolute atomic E-state index is 12.8. The molecule has 1 saturated heterocycles. The molecule has 1 aliphatic heterocycles. The van der Waals surface area contributed by atoms with Crippen LogP contribution in [0.3, 0.4) is 0 Å². The minimum Gasteiger partial charge on any atom is -0.444 e. The number of ether oxygens (including phenoxy) is 1. The number of sulfone groups is 1. The smallest absolute Gasteiger partial charge is 0.410 e. The average molecular weight is 340 g/mol. The summed E-state index contributed by atoms with van der Waals surface area (Å²) in [4.78, 5) is 17.6. The molecule has 1 aliphatic rings. The molecule has 1 fully saturated rings. The zero-order valence-electron chi connectivity index (χ0n) is 14.1. The number of hydrogen-bond donors (Lipinski definition) is 0. The first-order valence-electron chi connectivity index (χ1n) is 7.74. The van der Waals surface area contributed by atoms with Crippen LogP contribution in [0, 0.1) is 6.92 Å². The maximum atomic E-state index is 12.8. The second kappa shape index (κ2) is 6.47. The van der Waals surface area contributed by atoms with Crippen LogP contribution in [0.2, 0.25) is 0 Å². The Morgan fingerprint density at radius 1 is 1.39 bits per heavy atom. The fourth-order valence-electron chi connectivity index (χ4n) is 2.52. The van der Waals surface area contributed by atoms with E-state index in [0.29, 0.717) is 19.4 Å². The Balaban J connectivity index is 2.16. The fourth-order valence-corrected chi connectivity index (χ4v) is 4.27. The molecule has 1 aromatic rings. The normalized spacial score (nSPS) is 19.5. The molecule has 1 amide bonds. The summed E-state index contributed by atoms with van der Waals surface area (Å²) < 4.78 is 30.8. The molecule has 0 aliphatic carbocycles. The summed E-state index contributed by atoms with van der Waals surface area (Å²) in [6, 6.07) is 3.33. The number of rotatable bonds is 2. The van der Waals surface area contributed by atoms with Crippen LogP contribution >= 0.6 is 0 Å². The molecule has 1 aromatic heterocycles. The Morgan fingerprint density at radius 3 is 2.70 bits per heavy atom. The van der Waals surface area contributed by atoms with E-state index >= 15 is 0 Å². The van der Waals surface area contributed by atoms with Gasteiger partial charge >= 0.3 is 6.09 Å². The van der Waals surface area contributed by atoms with Gasteiger partial charge in [-0.3, -0.25) is 0 Å². The second-order valence-electron chi connectivity index (χ2n) is 6.91. The number of hydrogen-bond acceptors (Lipinski definition) is 5. The largest absolute Gasteiger partial charge is 0.444 e. The Hall–Kier alpha value is -1.63. The van der Waals surface area contributed by atoms with Gasteiger partial charge in [0, 0.05) is 19.3 Å². The SMILES string of the molecule is Cc1ccnc(S(=O)(=O)C2CCCN(C(=O)OC(C)(C)C)C2)c1. The third kappa shape index (κ3) is 4.43. The van der Waals surface area contributed by atoms with Gasteiger partial charge in [-0.2, -0.15) is 0 Å². The van der Waals surface area contributed by atoms with Crippen LogP contribution in [0.4, 0.5) is 4.79 Å². The van der Waals surface area contributed by atoms with Gasteiger partial charge in [0.25, 0.3) is 0 Å². The van der Waals surface area contributed by atoms with Gasteiger partial charge < -0.3 is 9.64 Å². The second-order valence-corrected chi connectivity index (χ2v) is 9.08. The molecule has 1 unspecified atom stereocenters. The summed E-state index contributed by atoms with van der Waals surface area (Å²) >= 11 is 0. The van der Waals surface area contributed by atoms with Crippen LogP contribution in [0.25, 0.3) is 0 Å². The summed E-state index contributed by atoms with van der Waals surface area (Å²) in [5.74, 6) is 0. The topological polar surface area (TPSA) is 76.6 Å². The Morgan fingerprint density at radius 2 is 2.09 bits per heavy atom. The van der Waals surface area contributed by atoms with E-state index in [4.69, 9.17) is 4.74 Å². The van der Waals surface area contributed by atoms with Gasteiger partial charge in [0.2, 0.25) is 0 Å². The molecule has 0 spiro atoms. The van der Waals surface area contributed by atoms with Crippen LogP contribution in [0.5, 0.6) is 0 Å². The molecule has 23 heavy (non-hydrogen) atoms. The summed E-state index contributed by atoms with van der Waals surface area (Å²) in [5, 5.41) is -0.563. The molecule has 6 nitrogen and oxygen atoms in total. The van der Waals surface area contributed by atoms with E-state index in [9.17, 15) is 13.2 Å². The van der Waals surface area contributed by atoms with Gasteiger partial charge in [-0.1, -0.05) is 0 Å². The standard InChI is InChI=1S/C16H24N2O4S/c1-12-7-8-17-14(10-12)23(20,21)13-6-5-9-18(11-13)15(19)22-16(2,3)4/h7-8,10,13H,5-6,9,11H2,1-4H3. The van der Waals surface area contributed by atoms with Gasteiger partial charge in [-0.05, 0) is 58.2 Å². The first kappa shape index (κ1) is 17.7. The third-order valence-electron chi connectivity index (χ3n) is 3.65. The number of amides is 1. The Labute approximate surface area is 137 Å². The number of pyridine rings is 1. The highest BCUT2D eigenvalue weighted by Crippen LogP contribution is 2.24. The summed E-state index contributed by atoms with van der Waals surface area (Å²) in [7, 11) is -3.56. The summed E-state index contributed by atoms with van der Waals surface area (Å²) in [5.41, 5.74) is 0.249. The molecular formula is C16H24N2O4S. The van der Waals surface area contributed by atoms with Crippen LogP contribution in [0.15, 0.2) is 23.4 Å². The number of aryl methyl sites for hydroxylation is 1. The summed E-state index contributed by atoms with van der Waals surface area (Å²) in [6.07, 6.45) is 2.19. The van der Waals surface area contributed by atoms with Crippen LogP contribution in [-0.4, -0.2) is 48.3 Å². The molecule has 2 heterocycles. The molecule has 2 rings (SSSR count). The van der Waals surface area contributed by atoms with Crippen molar-refractivity contribution in [1.82, 2.24) is 9.88 Å². The van der Waals surface area contributed by atoms with E-state index in [1.165, 1.54) is 11.1 Å². The fraction of sp³-hybridized carbons (Fsp3) is 0.625. The van der Waals surface area contributed by atoms with Gasteiger partial charge in [-0.15, -0.1) is 0 Å². The van der Waals surface area contributed by atoms with E-state index in [1.54, 1.807) is 32.9 Å². The molecule has 7 heteroatoms. The van der Waals surface area contributed by atoms with Crippen LogP contribution in [0.1, 0.15) is 39.2 Å². The number of aromatic nitrogens is 1. The predicted octanol–water partition coefficient (Wildman–Crippen LogP) is 2.56. The predicted molar refractivity (Wildman–Crippen MR) is 87.0 cm³/mol. The highest BCUT2D eigenvalue weighted by molar-refractivity contribution is 7.92. The first-order valence-corrected chi connectivity index (χ1v) is 9.29. The minimum atomic E-state index is -3.56. The van der Waals surface area contributed by atoms with E-state index in [-0.39, 0.29) is 11.6 Å². The Bertz CT molecular complexity index is 680. The van der Waals surface area contributed by atoms with Gasteiger partial charge in [0.1, 0.15) is 5.60 Å². The van der Waals surface area contributed by atoms with Crippen molar-refractivity contribution in [2.45, 2.75) is 56.4 Å². The lowest BCUT2D eigenvalue weighted by Gasteiger charge is -2.33. The van der Waals surface area contributed by atoms with Crippen molar-refractivity contribution in [1.29, 1.82) is 0 Å². The quantitative estimate of drug-likeness (QED) is 0.827. The van der Waals surface area contributed by atoms with Crippen molar-refractivity contribution in [3.63, 3.8) is 0 Å². The zero-order valence-corrected chi connectivity index (χ0v) is 14.9. The van der Waals surface area contributed by atoms with Gasteiger partial charge in [0.15, 0.2) is 14.9 Å². The van der Waals surface area contributed by atoms with E-state index < -0.39 is 26.8 Å². The van der Waals surface area contributed by atoms with Gasteiger partial charge in [-0.25, -0.2) is 18.2 Å². The summed E-state index contributed by atoms with van der Waals surface area (Å²) in [6.45, 7) is 7.86.